The molecule has 0 aromatic rings. The van der Waals surface area contributed by atoms with Gasteiger partial charge in [0, 0.05) is 25.5 Å². The van der Waals surface area contributed by atoms with Crippen LogP contribution < -0.4 is 10.6 Å². The van der Waals surface area contributed by atoms with E-state index in [1.807, 2.05) is 6.92 Å². The van der Waals surface area contributed by atoms with E-state index in [9.17, 15) is 33.4 Å². The van der Waals surface area contributed by atoms with E-state index in [-0.39, 0.29) is 6.10 Å². The Bertz CT molecular complexity index is 748. The number of carboxylic acid groups (broad SMARTS) is 1. The molecule has 11 nitrogen and oxygen atoms in total. The summed E-state index contributed by atoms with van der Waals surface area (Å²) in [5.74, 6) is -6.77. The SMILES string of the molecule is CBCCC(C)OCCC(C)(C)NC(=O)O[C@@H]([C@@H]1O[C@@](F)(C(=O)O)[C@H](F)C[C@H]1NC(C)=O)[C@H](O)CO. The van der Waals surface area contributed by atoms with Gasteiger partial charge >= 0.3 is 17.9 Å². The zero-order valence-electron chi connectivity index (χ0n) is 21.5. The number of ether oxygens (including phenoxy) is 3. The number of carbonyl (C=O) groups excluding carboxylic acids is 2. The first-order valence-electron chi connectivity index (χ1n) is 12.1. The lowest BCUT2D eigenvalue weighted by molar-refractivity contribution is -0.272. The summed E-state index contributed by atoms with van der Waals surface area (Å²) in [6.45, 7) is 7.83. The summed E-state index contributed by atoms with van der Waals surface area (Å²) in [4.78, 5) is 35.6. The van der Waals surface area contributed by atoms with E-state index in [4.69, 9.17) is 19.3 Å². The molecule has 1 unspecified atom stereocenters. The first kappa shape index (κ1) is 32.0. The first-order valence-corrected chi connectivity index (χ1v) is 12.1. The van der Waals surface area contributed by atoms with Gasteiger partial charge in [-0.1, -0.05) is 13.1 Å². The maximum atomic E-state index is 14.8. The van der Waals surface area contributed by atoms with E-state index in [0.29, 0.717) is 13.0 Å². The van der Waals surface area contributed by atoms with E-state index in [2.05, 4.69) is 17.5 Å². The number of hydrogen-bond donors (Lipinski definition) is 5. The van der Waals surface area contributed by atoms with E-state index in [1.165, 1.54) is 0 Å². The van der Waals surface area contributed by atoms with Crippen LogP contribution in [0.4, 0.5) is 13.6 Å². The molecule has 2 amide bonds. The lowest BCUT2D eigenvalue weighted by atomic mass is 9.76. The molecule has 0 bridgehead atoms. The standard InChI is InChI=1S/C22H39BF2N2O9/c1-12(6-8-23-5)34-9-7-21(3,4)27-20(33)35-18(15(30)11-28)17-14(26-13(2)29)10-16(24)22(25,36-17)19(31)32/h12,14-18,23,28,30H,6-11H2,1-5H3,(H,26,29)(H,27,33)(H,31,32)/t12?,14-,15-,16-,17-,18-,22-/m1/s1. The van der Waals surface area contributed by atoms with Crippen molar-refractivity contribution in [2.24, 2.45) is 0 Å². The second-order valence-corrected chi connectivity index (χ2v) is 9.75. The van der Waals surface area contributed by atoms with Crippen LogP contribution in [-0.2, 0) is 23.8 Å². The number of aliphatic carboxylic acids is 1. The van der Waals surface area contributed by atoms with Crippen LogP contribution in [0, 0.1) is 0 Å². The smallest absolute Gasteiger partial charge is 0.408 e. The summed E-state index contributed by atoms with van der Waals surface area (Å²) in [5.41, 5.74) is -0.852. The third-order valence-electron chi connectivity index (χ3n) is 5.92. The van der Waals surface area contributed by atoms with Gasteiger partial charge in [0.25, 0.3) is 0 Å². The molecule has 14 heteroatoms. The predicted molar refractivity (Wildman–Crippen MR) is 127 cm³/mol. The van der Waals surface area contributed by atoms with Crippen LogP contribution in [-0.4, -0.2) is 102 Å². The second-order valence-electron chi connectivity index (χ2n) is 9.75. The largest absolute Gasteiger partial charge is 0.477 e. The van der Waals surface area contributed by atoms with Crippen LogP contribution in [0.25, 0.3) is 0 Å². The molecule has 0 aromatic carbocycles. The van der Waals surface area contributed by atoms with Crippen LogP contribution >= 0.6 is 0 Å². The number of aliphatic hydroxyl groups excluding tert-OH is 2. The first-order chi connectivity index (χ1) is 16.7. The number of nitrogens with one attached hydrogen (secondary N) is 2. The Balaban J connectivity index is 2.98. The lowest BCUT2D eigenvalue weighted by Gasteiger charge is -2.43. The maximum absolute atomic E-state index is 14.8. The van der Waals surface area contributed by atoms with Crippen molar-refractivity contribution in [2.45, 2.75) is 108 Å². The highest BCUT2D eigenvalue weighted by atomic mass is 19.2. The molecule has 1 rings (SSSR count). The van der Waals surface area contributed by atoms with Crippen molar-refractivity contribution in [1.29, 1.82) is 0 Å². The zero-order chi connectivity index (χ0) is 27.7. The minimum Gasteiger partial charge on any atom is -0.477 e. The van der Waals surface area contributed by atoms with E-state index < -0.39 is 72.9 Å². The van der Waals surface area contributed by atoms with Gasteiger partial charge in [-0.05, 0) is 33.6 Å². The second kappa shape index (κ2) is 14.1. The molecule has 0 radical (unpaired) electrons. The van der Waals surface area contributed by atoms with Crippen LogP contribution in [0.1, 0.15) is 47.0 Å². The molecule has 0 aliphatic carbocycles. The number of carboxylic acids is 1. The van der Waals surface area contributed by atoms with E-state index >= 15 is 0 Å². The number of amides is 2. The normalized spacial score (nSPS) is 26.9. The Morgan fingerprint density at radius 3 is 2.50 bits per heavy atom. The molecule has 1 saturated heterocycles. The summed E-state index contributed by atoms with van der Waals surface area (Å²) in [7, 11) is 1.04. The molecule has 36 heavy (non-hydrogen) atoms. The molecule has 0 aromatic heterocycles. The van der Waals surface area contributed by atoms with Gasteiger partial charge < -0.3 is 40.2 Å². The van der Waals surface area contributed by atoms with Crippen LogP contribution in [0.5, 0.6) is 0 Å². The van der Waals surface area contributed by atoms with Gasteiger partial charge in [-0.3, -0.25) is 4.79 Å². The van der Waals surface area contributed by atoms with Gasteiger partial charge in [0.05, 0.1) is 18.8 Å². The molecule has 0 saturated carbocycles. The summed E-state index contributed by atoms with van der Waals surface area (Å²) < 4.78 is 45.0. The number of hydrogen-bond acceptors (Lipinski definition) is 8. The number of rotatable bonds is 14. The van der Waals surface area contributed by atoms with Gasteiger partial charge in [-0.15, -0.1) is 0 Å². The van der Waals surface area contributed by atoms with Gasteiger partial charge in [0.1, 0.15) is 19.5 Å². The molecule has 1 aliphatic heterocycles. The van der Waals surface area contributed by atoms with Crippen molar-refractivity contribution < 1.29 is 52.7 Å². The Morgan fingerprint density at radius 1 is 1.33 bits per heavy atom. The summed E-state index contributed by atoms with van der Waals surface area (Å²) >= 11 is 0. The van der Waals surface area contributed by atoms with E-state index in [0.717, 1.165) is 26.9 Å². The molecule has 1 aliphatic rings. The lowest BCUT2D eigenvalue weighted by Crippen LogP contribution is -2.66. The summed E-state index contributed by atoms with van der Waals surface area (Å²) in [5, 5.41) is 33.8. The highest BCUT2D eigenvalue weighted by Crippen LogP contribution is 2.36. The Hall–Kier alpha value is -2.03. The molecule has 7 atom stereocenters. The molecular weight excluding hydrogens is 485 g/mol. The molecule has 5 N–H and O–H groups in total. The van der Waals surface area contributed by atoms with Crippen molar-refractivity contribution in [2.75, 3.05) is 13.2 Å². The van der Waals surface area contributed by atoms with Gasteiger partial charge in [-0.2, -0.15) is 4.39 Å². The number of aliphatic hydroxyl groups is 2. The minimum atomic E-state index is -3.82. The average molecular weight is 524 g/mol. The quantitative estimate of drug-likeness (QED) is 0.206. The molecule has 1 fully saturated rings. The topological polar surface area (TPSA) is 164 Å². The van der Waals surface area contributed by atoms with Crippen molar-refractivity contribution in [3.05, 3.63) is 0 Å². The fourth-order valence-electron chi connectivity index (χ4n) is 3.80. The monoisotopic (exact) mass is 524 g/mol. The van der Waals surface area contributed by atoms with Crippen LogP contribution in [0.2, 0.25) is 13.1 Å². The Kier molecular flexibility index (Phi) is 12.5. The van der Waals surface area contributed by atoms with Crippen molar-refractivity contribution >= 4 is 25.2 Å². The maximum Gasteiger partial charge on any atom is 0.408 e. The molecular formula is C22H39BF2N2O9. The number of carbonyl (C=O) groups is 3. The van der Waals surface area contributed by atoms with Crippen molar-refractivity contribution in [3.8, 4) is 0 Å². The number of halogens is 2. The Morgan fingerprint density at radius 2 is 1.97 bits per heavy atom. The predicted octanol–water partition coefficient (Wildman–Crippen LogP) is 0.683. The van der Waals surface area contributed by atoms with E-state index in [1.54, 1.807) is 13.8 Å². The third kappa shape index (κ3) is 9.45. The van der Waals surface area contributed by atoms with Crippen molar-refractivity contribution in [3.63, 3.8) is 0 Å². The average Bonchev–Trinajstić information content (AvgIpc) is 2.77. The summed E-state index contributed by atoms with van der Waals surface area (Å²) in [6, 6.07) is -1.37. The Labute approximate surface area is 210 Å². The molecule has 1 heterocycles. The van der Waals surface area contributed by atoms with Gasteiger partial charge in [0.15, 0.2) is 12.3 Å². The highest BCUT2D eigenvalue weighted by molar-refractivity contribution is 6.33. The molecule has 0 spiro atoms. The van der Waals surface area contributed by atoms with Gasteiger partial charge in [0.2, 0.25) is 5.91 Å². The highest BCUT2D eigenvalue weighted by Gasteiger charge is 2.59. The third-order valence-corrected chi connectivity index (χ3v) is 5.92. The van der Waals surface area contributed by atoms with Crippen molar-refractivity contribution in [1.82, 2.24) is 10.6 Å². The van der Waals surface area contributed by atoms with Gasteiger partial charge in [-0.25, -0.2) is 14.0 Å². The zero-order valence-corrected chi connectivity index (χ0v) is 21.5. The fourth-order valence-corrected chi connectivity index (χ4v) is 3.80. The summed E-state index contributed by atoms with van der Waals surface area (Å²) in [6.07, 6.45) is -7.80. The molecule has 208 valence electrons. The fraction of sp³-hybridized carbons (Fsp3) is 0.864. The number of alkyl carbamates (subject to hydrolysis) is 1. The minimum absolute atomic E-state index is 0.0421. The van der Waals surface area contributed by atoms with Crippen LogP contribution in [0.3, 0.4) is 0 Å². The van der Waals surface area contributed by atoms with Crippen LogP contribution in [0.15, 0.2) is 0 Å². The number of alkyl halides is 2.